The highest BCUT2D eigenvalue weighted by molar-refractivity contribution is 6.42. The predicted octanol–water partition coefficient (Wildman–Crippen LogP) is 9.71. The second kappa shape index (κ2) is 18.5. The number of carbonyl (C=O) groups excluding carboxylic acids is 1. The molecule has 1 aromatic heterocycles. The Morgan fingerprint density at radius 1 is 0.902 bits per heavy atom. The van der Waals surface area contributed by atoms with E-state index < -0.39 is 18.1 Å². The van der Waals surface area contributed by atoms with Crippen LogP contribution in [0.25, 0.3) is 11.1 Å². The quantitative estimate of drug-likeness (QED) is 0.117. The summed E-state index contributed by atoms with van der Waals surface area (Å²) < 4.78 is 18.8. The highest BCUT2D eigenvalue weighted by atomic mass is 35.5. The lowest BCUT2D eigenvalue weighted by Crippen LogP contribution is -2.55. The van der Waals surface area contributed by atoms with Crippen molar-refractivity contribution in [3.63, 3.8) is 0 Å². The van der Waals surface area contributed by atoms with Crippen LogP contribution >= 0.6 is 23.2 Å². The van der Waals surface area contributed by atoms with Gasteiger partial charge < -0.3 is 24.6 Å². The molecule has 0 spiro atoms. The highest BCUT2D eigenvalue weighted by Gasteiger charge is 2.39. The molecule has 4 atom stereocenters. The number of fused-ring (bicyclic) bond motifs is 2. The molecule has 61 heavy (non-hydrogen) atoms. The van der Waals surface area contributed by atoms with Crippen molar-refractivity contribution in [3.8, 4) is 34.4 Å². The van der Waals surface area contributed by atoms with E-state index in [0.29, 0.717) is 59.2 Å². The maximum atomic E-state index is 14.4. The van der Waals surface area contributed by atoms with Gasteiger partial charge in [0.25, 0.3) is 0 Å². The zero-order valence-electron chi connectivity index (χ0n) is 33.3. The van der Waals surface area contributed by atoms with Gasteiger partial charge in [0.2, 0.25) is 5.91 Å². The Labute approximate surface area is 364 Å². The maximum Gasteiger partial charge on any atom is 0.326 e. The van der Waals surface area contributed by atoms with Gasteiger partial charge in [-0.2, -0.15) is 5.26 Å². The van der Waals surface area contributed by atoms with Crippen molar-refractivity contribution in [3.05, 3.63) is 177 Å². The first kappa shape index (κ1) is 41.4. The highest BCUT2D eigenvalue weighted by Crippen LogP contribution is 2.42. The number of carboxylic acid groups (broad SMARTS) is 1. The van der Waals surface area contributed by atoms with Gasteiger partial charge in [-0.3, -0.25) is 9.69 Å². The van der Waals surface area contributed by atoms with Gasteiger partial charge in [-0.15, -0.1) is 0 Å². The summed E-state index contributed by atoms with van der Waals surface area (Å²) in [5.41, 5.74) is 7.67. The molecule has 2 aliphatic rings. The number of nitrogens with one attached hydrogen (secondary N) is 1. The fraction of sp³-hybridized carbons (Fsp3) is 0.224. The molecular weight excluding hydrogens is 811 g/mol. The molecule has 0 saturated heterocycles. The Hall–Kier alpha value is -6.38. The Morgan fingerprint density at radius 3 is 2.33 bits per heavy atom. The van der Waals surface area contributed by atoms with Crippen LogP contribution < -0.4 is 19.5 Å². The Balaban J connectivity index is 0.987. The second-order valence-corrected chi connectivity index (χ2v) is 16.0. The second-order valence-electron chi connectivity index (χ2n) is 15.2. The van der Waals surface area contributed by atoms with Crippen LogP contribution in [-0.2, 0) is 35.6 Å². The molecule has 8 rings (SSSR count). The number of hydrogen-bond donors (Lipinski definition) is 2. The van der Waals surface area contributed by atoms with Crippen molar-refractivity contribution in [1.82, 2.24) is 15.2 Å². The molecule has 2 N–H and O–H groups in total. The van der Waals surface area contributed by atoms with Crippen molar-refractivity contribution in [2.24, 2.45) is 0 Å². The topological polar surface area (TPSA) is 134 Å². The van der Waals surface area contributed by atoms with E-state index in [9.17, 15) is 14.7 Å². The Kier molecular flexibility index (Phi) is 12.5. The molecule has 0 fully saturated rings. The van der Waals surface area contributed by atoms with E-state index in [2.05, 4.69) is 34.3 Å². The SMILES string of the molecule is CC[C@@H](c1ccccc1)N1Cc2cc3c(cc2C[C@H]1C(=O)N[C@@H](Cc1ccc(-c2ccc(C#N)nc2)cc1)C(=O)O)OC[C@H](c1ccc(OCc2ccc(Cl)c(Cl)c2)cc1)O3. The molecule has 2 aliphatic heterocycles. The largest absolute Gasteiger partial charge is 0.489 e. The van der Waals surface area contributed by atoms with Gasteiger partial charge in [0, 0.05) is 30.8 Å². The van der Waals surface area contributed by atoms with E-state index in [1.807, 2.05) is 97.1 Å². The van der Waals surface area contributed by atoms with Crippen LogP contribution in [0, 0.1) is 11.3 Å². The van der Waals surface area contributed by atoms with Crippen LogP contribution in [0.1, 0.15) is 64.6 Å². The van der Waals surface area contributed by atoms with E-state index in [1.54, 1.807) is 24.4 Å². The minimum Gasteiger partial charge on any atom is -0.489 e. The summed E-state index contributed by atoms with van der Waals surface area (Å²) in [5, 5.41) is 23.3. The predicted molar refractivity (Wildman–Crippen MR) is 233 cm³/mol. The maximum absolute atomic E-state index is 14.4. The van der Waals surface area contributed by atoms with Crippen molar-refractivity contribution in [1.29, 1.82) is 5.26 Å². The average Bonchev–Trinajstić information content (AvgIpc) is 3.29. The lowest BCUT2D eigenvalue weighted by Gasteiger charge is -2.42. The average molecular weight is 854 g/mol. The molecular formula is C49H42Cl2N4O6. The molecule has 0 saturated carbocycles. The zero-order chi connectivity index (χ0) is 42.5. The standard InChI is InChI=1S/C49H42Cl2N4O6/c1-2-43(33-6-4-3-5-7-33)55-27-37-24-46-45(60-29-47(61-46)34-14-17-39(18-15-34)59-28-31-10-19-40(50)41(51)20-31)23-36(37)22-44(55)48(56)54-42(49(57)58)21-30-8-11-32(12-9-30)35-13-16-38(25-52)53-26-35/h3-20,23-24,26,42-44,47H,2,21-22,27-29H2,1H3,(H,54,56)(H,57,58)/t42-,43-,44-,47+/m0/s1. The fourth-order valence-electron chi connectivity index (χ4n) is 7.99. The molecule has 12 heteroatoms. The summed E-state index contributed by atoms with van der Waals surface area (Å²) in [6.07, 6.45) is 2.46. The number of rotatable bonds is 13. The first-order valence-electron chi connectivity index (χ1n) is 20.1. The van der Waals surface area contributed by atoms with Gasteiger partial charge in [0.05, 0.1) is 16.1 Å². The molecule has 1 amide bonds. The number of halogens is 2. The Bertz CT molecular complexity index is 2570. The number of ether oxygens (including phenoxy) is 3. The minimum atomic E-state index is -1.16. The zero-order valence-corrected chi connectivity index (χ0v) is 34.8. The Morgan fingerprint density at radius 2 is 1.64 bits per heavy atom. The number of aromatic nitrogens is 1. The van der Waals surface area contributed by atoms with Crippen molar-refractivity contribution < 1.29 is 28.9 Å². The minimum absolute atomic E-state index is 0.0977. The molecule has 0 unspecified atom stereocenters. The third-order valence-corrected chi connectivity index (χ3v) is 12.0. The summed E-state index contributed by atoms with van der Waals surface area (Å²) >= 11 is 12.2. The molecule has 6 aromatic rings. The van der Waals surface area contributed by atoms with Crippen LogP contribution in [0.15, 0.2) is 128 Å². The van der Waals surface area contributed by atoms with Crippen LogP contribution in [0.2, 0.25) is 10.0 Å². The normalized spacial score (nSPS) is 16.7. The van der Waals surface area contributed by atoms with E-state index in [0.717, 1.165) is 50.9 Å². The summed E-state index contributed by atoms with van der Waals surface area (Å²) in [5.74, 6) is 0.449. The van der Waals surface area contributed by atoms with Crippen LogP contribution in [-0.4, -0.2) is 45.6 Å². The first-order valence-corrected chi connectivity index (χ1v) is 20.8. The lowest BCUT2D eigenvalue weighted by molar-refractivity contribution is -0.143. The number of pyridine rings is 1. The van der Waals surface area contributed by atoms with Gasteiger partial charge in [-0.05, 0) is 100 Å². The monoisotopic (exact) mass is 852 g/mol. The third-order valence-electron chi connectivity index (χ3n) is 11.2. The smallest absolute Gasteiger partial charge is 0.326 e. The number of carboxylic acids is 1. The number of aliphatic carboxylic acids is 1. The fourth-order valence-corrected chi connectivity index (χ4v) is 8.31. The van der Waals surface area contributed by atoms with Crippen molar-refractivity contribution in [2.75, 3.05) is 6.61 Å². The number of nitrogens with zero attached hydrogens (tertiary/aromatic N) is 3. The van der Waals surface area contributed by atoms with Crippen LogP contribution in [0.4, 0.5) is 0 Å². The third kappa shape index (κ3) is 9.50. The van der Waals surface area contributed by atoms with E-state index in [1.165, 1.54) is 0 Å². The number of amides is 1. The number of benzene rings is 5. The van der Waals surface area contributed by atoms with E-state index in [4.69, 9.17) is 42.7 Å². The summed E-state index contributed by atoms with van der Waals surface area (Å²) in [6, 6.07) is 38.2. The molecule has 0 radical (unpaired) electrons. The summed E-state index contributed by atoms with van der Waals surface area (Å²) in [7, 11) is 0. The van der Waals surface area contributed by atoms with E-state index >= 15 is 0 Å². The summed E-state index contributed by atoms with van der Waals surface area (Å²) in [4.78, 5) is 33.4. The number of hydrogen-bond acceptors (Lipinski definition) is 8. The van der Waals surface area contributed by atoms with Gasteiger partial charge >= 0.3 is 5.97 Å². The molecule has 308 valence electrons. The van der Waals surface area contributed by atoms with Crippen molar-refractivity contribution >= 4 is 35.1 Å². The van der Waals surface area contributed by atoms with Gasteiger partial charge in [0.15, 0.2) is 17.6 Å². The molecule has 0 bridgehead atoms. The molecule has 10 nitrogen and oxygen atoms in total. The summed E-state index contributed by atoms with van der Waals surface area (Å²) in [6.45, 7) is 3.17. The van der Waals surface area contributed by atoms with Crippen molar-refractivity contribution in [2.45, 2.75) is 63.6 Å². The molecule has 3 heterocycles. The van der Waals surface area contributed by atoms with Gasteiger partial charge in [-0.25, -0.2) is 9.78 Å². The van der Waals surface area contributed by atoms with E-state index in [-0.39, 0.29) is 24.5 Å². The number of carbonyl (C=O) groups is 2. The molecule has 0 aliphatic carbocycles. The van der Waals surface area contributed by atoms with Gasteiger partial charge in [-0.1, -0.05) is 103 Å². The van der Waals surface area contributed by atoms with Gasteiger partial charge in [0.1, 0.15) is 36.8 Å². The van der Waals surface area contributed by atoms with Crippen LogP contribution in [0.3, 0.4) is 0 Å². The van der Waals surface area contributed by atoms with Crippen LogP contribution in [0.5, 0.6) is 17.2 Å². The lowest BCUT2D eigenvalue weighted by atomic mass is 9.89. The molecule has 5 aromatic carbocycles. The first-order chi connectivity index (χ1) is 29.6. The number of nitriles is 1.